The molecule has 0 aromatic rings. The Kier molecular flexibility index (Phi) is 15.4. The molecular weight excluding hydrogens is 235 g/mol. The van der Waals surface area contributed by atoms with E-state index in [4.69, 9.17) is 24.1 Å². The van der Waals surface area contributed by atoms with Gasteiger partial charge in [0.1, 0.15) is 6.61 Å². The first kappa shape index (κ1) is 16.7. The predicted molar refractivity (Wildman–Crippen MR) is 57.4 cm³/mol. The Labute approximate surface area is 100 Å². The molecule has 0 aliphatic heterocycles. The van der Waals surface area contributed by atoms with Crippen LogP contribution in [0.4, 0.5) is 4.53 Å². The number of hydrogen-bond donors (Lipinski definition) is 1. The zero-order chi connectivity index (χ0) is 12.6. The second-order valence-electron chi connectivity index (χ2n) is 2.99. The first-order chi connectivity index (χ1) is 8.41. The first-order valence-electron chi connectivity index (χ1n) is 5.57. The minimum Gasteiger partial charge on any atom is -0.394 e. The molecule has 0 rings (SSSR count). The summed E-state index contributed by atoms with van der Waals surface area (Å²) in [5.41, 5.74) is 0. The van der Waals surface area contributed by atoms with Crippen LogP contribution in [0.1, 0.15) is 0 Å². The van der Waals surface area contributed by atoms with Gasteiger partial charge >= 0.3 is 0 Å². The van der Waals surface area contributed by atoms with Gasteiger partial charge in [-0.15, -0.1) is 0 Å². The number of aliphatic hydroxyl groups is 1. The highest BCUT2D eigenvalue weighted by Crippen LogP contribution is 1.83. The summed E-state index contributed by atoms with van der Waals surface area (Å²) in [6, 6.07) is 0. The van der Waals surface area contributed by atoms with Crippen LogP contribution in [0.15, 0.2) is 0 Å². The van der Waals surface area contributed by atoms with E-state index in [9.17, 15) is 4.53 Å². The Balaban J connectivity index is 2.85. The van der Waals surface area contributed by atoms with Gasteiger partial charge in [-0.2, -0.15) is 4.94 Å². The second kappa shape index (κ2) is 15.7. The topological polar surface area (TPSA) is 66.4 Å². The molecule has 0 unspecified atom stereocenters. The molecule has 0 spiro atoms. The van der Waals surface area contributed by atoms with E-state index in [1.807, 2.05) is 0 Å². The first-order valence-corrected chi connectivity index (χ1v) is 5.57. The number of halogens is 1. The molecule has 0 saturated heterocycles. The molecule has 0 heterocycles. The van der Waals surface area contributed by atoms with Crippen molar-refractivity contribution in [1.29, 1.82) is 0 Å². The molecule has 0 aromatic carbocycles. The van der Waals surface area contributed by atoms with Crippen molar-refractivity contribution < 1.29 is 33.5 Å². The molecule has 0 saturated carbocycles. The largest absolute Gasteiger partial charge is 0.394 e. The van der Waals surface area contributed by atoms with E-state index >= 15 is 0 Å². The van der Waals surface area contributed by atoms with Gasteiger partial charge in [0.2, 0.25) is 0 Å². The normalized spacial score (nSPS) is 10.9. The summed E-state index contributed by atoms with van der Waals surface area (Å²) in [5.74, 6) is 0. The molecule has 0 aliphatic carbocycles. The highest BCUT2D eigenvalue weighted by molar-refractivity contribution is 4.35. The SMILES string of the molecule is OCCOCCOCCOCCOCCOF. The molecule has 0 bridgehead atoms. The number of rotatable bonds is 14. The lowest BCUT2D eigenvalue weighted by Crippen LogP contribution is -2.13. The van der Waals surface area contributed by atoms with Crippen LogP contribution >= 0.6 is 0 Å². The van der Waals surface area contributed by atoms with E-state index in [-0.39, 0.29) is 19.8 Å². The summed E-state index contributed by atoms with van der Waals surface area (Å²) in [4.78, 5) is 3.33. The average molecular weight is 256 g/mol. The van der Waals surface area contributed by atoms with Gasteiger partial charge in [0, 0.05) is 0 Å². The van der Waals surface area contributed by atoms with Crippen LogP contribution in [0.2, 0.25) is 0 Å². The standard InChI is InChI=1S/C10H21FO6/c11-17-10-9-16-8-7-15-6-5-14-4-3-13-2-1-12/h12H,1-10H2. The molecule has 7 heteroatoms. The molecule has 0 aliphatic rings. The van der Waals surface area contributed by atoms with E-state index in [0.29, 0.717) is 46.2 Å². The van der Waals surface area contributed by atoms with Crippen LogP contribution in [0.3, 0.4) is 0 Å². The van der Waals surface area contributed by atoms with Gasteiger partial charge in [0.15, 0.2) is 0 Å². The molecule has 104 valence electrons. The van der Waals surface area contributed by atoms with E-state index in [1.165, 1.54) is 0 Å². The van der Waals surface area contributed by atoms with Gasteiger partial charge in [-0.25, -0.2) is 0 Å². The minimum atomic E-state index is -0.0586. The Morgan fingerprint density at radius 3 is 1.29 bits per heavy atom. The van der Waals surface area contributed by atoms with Gasteiger partial charge in [-0.3, -0.25) is 0 Å². The lowest BCUT2D eigenvalue weighted by Gasteiger charge is -2.06. The van der Waals surface area contributed by atoms with E-state index < -0.39 is 0 Å². The number of hydrogen-bond acceptors (Lipinski definition) is 6. The fourth-order valence-electron chi connectivity index (χ4n) is 0.917. The molecular formula is C10H21FO6. The highest BCUT2D eigenvalue weighted by Gasteiger charge is 1.92. The molecule has 6 nitrogen and oxygen atoms in total. The maximum atomic E-state index is 11.2. The number of aliphatic hydroxyl groups excluding tert-OH is 1. The van der Waals surface area contributed by atoms with Gasteiger partial charge in [-0.05, 0) is 4.53 Å². The zero-order valence-electron chi connectivity index (χ0n) is 9.94. The fourth-order valence-corrected chi connectivity index (χ4v) is 0.917. The summed E-state index contributed by atoms with van der Waals surface area (Å²) in [6.07, 6.45) is 0. The Morgan fingerprint density at radius 2 is 0.941 bits per heavy atom. The molecule has 1 N–H and O–H groups in total. The maximum Gasteiger partial charge on any atom is 0.111 e. The van der Waals surface area contributed by atoms with Gasteiger partial charge in [0.05, 0.1) is 59.5 Å². The summed E-state index contributed by atoms with van der Waals surface area (Å²) >= 11 is 0. The van der Waals surface area contributed by atoms with Crippen LogP contribution in [0, 0.1) is 0 Å². The predicted octanol–water partition coefficient (Wildman–Crippen LogP) is -0.0538. The van der Waals surface area contributed by atoms with Crippen LogP contribution in [-0.2, 0) is 23.9 Å². The molecule has 0 amide bonds. The van der Waals surface area contributed by atoms with Crippen molar-refractivity contribution in [3.63, 3.8) is 0 Å². The fraction of sp³-hybridized carbons (Fsp3) is 1.00. The third kappa shape index (κ3) is 15.7. The van der Waals surface area contributed by atoms with Crippen molar-refractivity contribution in [2.75, 3.05) is 66.1 Å². The second-order valence-corrected chi connectivity index (χ2v) is 2.99. The Morgan fingerprint density at radius 1 is 0.588 bits per heavy atom. The van der Waals surface area contributed by atoms with Gasteiger partial charge in [0.25, 0.3) is 0 Å². The van der Waals surface area contributed by atoms with Gasteiger partial charge in [-0.1, -0.05) is 0 Å². The average Bonchev–Trinajstić information content (AvgIpc) is 2.35. The smallest absolute Gasteiger partial charge is 0.111 e. The third-order valence-electron chi connectivity index (χ3n) is 1.66. The van der Waals surface area contributed by atoms with E-state index in [2.05, 4.69) is 4.94 Å². The zero-order valence-corrected chi connectivity index (χ0v) is 9.94. The lowest BCUT2D eigenvalue weighted by atomic mass is 10.7. The van der Waals surface area contributed by atoms with Crippen molar-refractivity contribution in [2.45, 2.75) is 0 Å². The molecule has 17 heavy (non-hydrogen) atoms. The van der Waals surface area contributed by atoms with E-state index in [1.54, 1.807) is 0 Å². The van der Waals surface area contributed by atoms with Crippen molar-refractivity contribution in [3.8, 4) is 0 Å². The van der Waals surface area contributed by atoms with E-state index in [0.717, 1.165) is 0 Å². The Hall–Kier alpha value is -0.310. The Bertz CT molecular complexity index is 124. The third-order valence-corrected chi connectivity index (χ3v) is 1.66. The summed E-state index contributed by atoms with van der Waals surface area (Å²) < 4.78 is 31.5. The van der Waals surface area contributed by atoms with Crippen LogP contribution < -0.4 is 0 Å². The van der Waals surface area contributed by atoms with Crippen molar-refractivity contribution in [3.05, 3.63) is 0 Å². The van der Waals surface area contributed by atoms with Crippen LogP contribution in [0.25, 0.3) is 0 Å². The summed E-state index contributed by atoms with van der Waals surface area (Å²) in [5, 5.41) is 8.42. The molecule has 0 atom stereocenters. The van der Waals surface area contributed by atoms with Gasteiger partial charge < -0.3 is 24.1 Å². The molecule has 0 aromatic heterocycles. The lowest BCUT2D eigenvalue weighted by molar-refractivity contribution is -0.147. The monoisotopic (exact) mass is 256 g/mol. The van der Waals surface area contributed by atoms with Crippen LogP contribution in [-0.4, -0.2) is 71.2 Å². The quantitative estimate of drug-likeness (QED) is 0.439. The van der Waals surface area contributed by atoms with Crippen molar-refractivity contribution in [1.82, 2.24) is 0 Å². The molecule has 0 radical (unpaired) electrons. The minimum absolute atomic E-state index is 0.0244. The molecule has 0 fully saturated rings. The highest BCUT2D eigenvalue weighted by atomic mass is 19.3. The van der Waals surface area contributed by atoms with Crippen molar-refractivity contribution >= 4 is 0 Å². The van der Waals surface area contributed by atoms with Crippen LogP contribution in [0.5, 0.6) is 0 Å². The summed E-state index contributed by atoms with van der Waals surface area (Å²) in [7, 11) is 0. The maximum absolute atomic E-state index is 11.2. The summed E-state index contributed by atoms with van der Waals surface area (Å²) in [6.45, 7) is 3.27. The number of ether oxygens (including phenoxy) is 4. The van der Waals surface area contributed by atoms with Crippen molar-refractivity contribution in [2.24, 2.45) is 0 Å².